The number of hydrogen-bond acceptors (Lipinski definition) is 4. The molecule has 0 saturated heterocycles. The molecule has 0 bridgehead atoms. The molecule has 0 unspecified atom stereocenters. The quantitative estimate of drug-likeness (QED) is 0.606. The number of nitrogens with one attached hydrogen (secondary N) is 1. The molecule has 0 aliphatic rings. The summed E-state index contributed by atoms with van der Waals surface area (Å²) in [7, 11) is 1.66. The molecule has 0 atom stereocenters. The number of methoxy groups -OCH3 is 1. The zero-order valence-corrected chi connectivity index (χ0v) is 12.9. The van der Waals surface area contributed by atoms with Crippen LogP contribution in [0.5, 0.6) is 0 Å². The third-order valence-corrected chi connectivity index (χ3v) is 3.74. The molecule has 0 aromatic carbocycles. The van der Waals surface area contributed by atoms with Gasteiger partial charge in [0.15, 0.2) is 5.65 Å². The van der Waals surface area contributed by atoms with Crippen LogP contribution in [0.1, 0.15) is 5.56 Å². The molecular weight excluding hydrogens is 401 g/mol. The lowest BCUT2D eigenvalue weighted by Crippen LogP contribution is -2.03. The molecular formula is C10H11BrIN3O2. The lowest BCUT2D eigenvalue weighted by molar-refractivity contribution is 0.0619. The van der Waals surface area contributed by atoms with Gasteiger partial charge in [0.05, 0.1) is 25.2 Å². The summed E-state index contributed by atoms with van der Waals surface area (Å²) in [6.07, 6.45) is 1.74. The third-order valence-electron chi connectivity index (χ3n) is 2.27. The van der Waals surface area contributed by atoms with Gasteiger partial charge in [-0.2, -0.15) is 5.10 Å². The Morgan fingerprint density at radius 1 is 1.47 bits per heavy atom. The number of halogens is 2. The summed E-state index contributed by atoms with van der Waals surface area (Å²) in [6, 6.07) is 0. The molecule has 17 heavy (non-hydrogen) atoms. The second kappa shape index (κ2) is 6.07. The zero-order valence-electron chi connectivity index (χ0n) is 9.17. The summed E-state index contributed by atoms with van der Waals surface area (Å²) in [6.45, 7) is 1.67. The highest BCUT2D eigenvalue weighted by molar-refractivity contribution is 14.1. The van der Waals surface area contributed by atoms with E-state index in [1.165, 1.54) is 0 Å². The highest BCUT2D eigenvalue weighted by Gasteiger charge is 2.12. The monoisotopic (exact) mass is 411 g/mol. The number of hydrogen-bond donors (Lipinski definition) is 1. The first-order valence-corrected chi connectivity index (χ1v) is 6.85. The average molecular weight is 412 g/mol. The van der Waals surface area contributed by atoms with Gasteiger partial charge in [0.2, 0.25) is 0 Å². The Balaban J connectivity index is 2.24. The van der Waals surface area contributed by atoms with Gasteiger partial charge in [-0.25, -0.2) is 4.98 Å². The van der Waals surface area contributed by atoms with Crippen LogP contribution in [0.15, 0.2) is 10.7 Å². The fourth-order valence-electron chi connectivity index (χ4n) is 1.45. The van der Waals surface area contributed by atoms with Gasteiger partial charge < -0.3 is 9.47 Å². The van der Waals surface area contributed by atoms with Crippen LogP contribution in [0.2, 0.25) is 0 Å². The summed E-state index contributed by atoms with van der Waals surface area (Å²) in [4.78, 5) is 4.23. The highest BCUT2D eigenvalue weighted by Crippen LogP contribution is 2.27. The number of aromatic amines is 1. The van der Waals surface area contributed by atoms with Gasteiger partial charge in [-0.3, -0.25) is 5.10 Å². The molecule has 92 valence electrons. The van der Waals surface area contributed by atoms with Gasteiger partial charge in [0.25, 0.3) is 0 Å². The smallest absolute Gasteiger partial charge is 0.182 e. The fourth-order valence-corrected chi connectivity index (χ4v) is 2.55. The van der Waals surface area contributed by atoms with Crippen LogP contribution in [0, 0.1) is 3.70 Å². The summed E-state index contributed by atoms with van der Waals surface area (Å²) >= 11 is 5.69. The van der Waals surface area contributed by atoms with Crippen LogP contribution in [0.4, 0.5) is 0 Å². The Bertz CT molecular complexity index is 517. The molecule has 2 rings (SSSR count). The molecule has 2 aromatic heterocycles. The molecule has 0 aliphatic carbocycles. The number of aromatic nitrogens is 3. The van der Waals surface area contributed by atoms with Gasteiger partial charge in [-0.15, -0.1) is 0 Å². The van der Waals surface area contributed by atoms with Crippen LogP contribution in [0.3, 0.4) is 0 Å². The van der Waals surface area contributed by atoms with Gasteiger partial charge in [0.1, 0.15) is 3.70 Å². The molecule has 0 aliphatic heterocycles. The molecule has 0 amide bonds. The van der Waals surface area contributed by atoms with E-state index in [-0.39, 0.29) is 0 Å². The standard InChI is InChI=1S/C10H11BrIN3O2/c1-16-2-3-17-5-6-7(11)4-13-10-8(6)9(12)14-15-10/h4H,2-3,5H2,1H3,(H,13,14,15). The second-order valence-electron chi connectivity index (χ2n) is 3.37. The summed E-state index contributed by atoms with van der Waals surface area (Å²) < 4.78 is 12.4. The predicted molar refractivity (Wildman–Crippen MR) is 75.8 cm³/mol. The lowest BCUT2D eigenvalue weighted by Gasteiger charge is -2.07. The zero-order chi connectivity index (χ0) is 12.3. The molecule has 2 heterocycles. The summed E-state index contributed by atoms with van der Waals surface area (Å²) in [5, 5.41) is 8.05. The minimum atomic E-state index is 0.512. The van der Waals surface area contributed by atoms with E-state index in [4.69, 9.17) is 9.47 Å². The van der Waals surface area contributed by atoms with Crippen molar-refractivity contribution in [1.29, 1.82) is 0 Å². The van der Waals surface area contributed by atoms with Gasteiger partial charge in [0, 0.05) is 23.3 Å². The van der Waals surface area contributed by atoms with Crippen LogP contribution in [0.25, 0.3) is 11.0 Å². The molecule has 0 saturated carbocycles. The number of fused-ring (bicyclic) bond motifs is 1. The molecule has 7 heteroatoms. The van der Waals surface area contributed by atoms with Crippen LogP contribution < -0.4 is 0 Å². The highest BCUT2D eigenvalue weighted by atomic mass is 127. The third kappa shape index (κ3) is 2.95. The van der Waals surface area contributed by atoms with Crippen LogP contribution in [-0.2, 0) is 16.1 Å². The largest absolute Gasteiger partial charge is 0.382 e. The van der Waals surface area contributed by atoms with Crippen molar-refractivity contribution < 1.29 is 9.47 Å². The number of nitrogens with zero attached hydrogens (tertiary/aromatic N) is 2. The van der Waals surface area contributed by atoms with Crippen LogP contribution in [-0.4, -0.2) is 35.5 Å². The Kier molecular flexibility index (Phi) is 4.71. The van der Waals surface area contributed by atoms with Gasteiger partial charge in [-0.05, 0) is 38.5 Å². The Labute approximate surface area is 121 Å². The number of pyridine rings is 1. The first kappa shape index (κ1) is 13.2. The fraction of sp³-hybridized carbons (Fsp3) is 0.400. The molecule has 0 spiro atoms. The Morgan fingerprint density at radius 2 is 2.29 bits per heavy atom. The summed E-state index contributed by atoms with van der Waals surface area (Å²) in [5.41, 5.74) is 1.77. The first-order valence-electron chi connectivity index (χ1n) is 4.97. The van der Waals surface area contributed by atoms with E-state index < -0.39 is 0 Å². The van der Waals surface area contributed by atoms with E-state index in [0.29, 0.717) is 25.5 Å². The number of H-pyrrole nitrogens is 1. The molecule has 0 radical (unpaired) electrons. The van der Waals surface area contributed by atoms with E-state index in [1.807, 2.05) is 0 Å². The SMILES string of the molecule is COCCOCc1c(Br)cnc2n[nH]c(I)c12. The minimum absolute atomic E-state index is 0.512. The Hall–Kier alpha value is -0.250. The van der Waals surface area contributed by atoms with E-state index in [1.54, 1.807) is 13.3 Å². The topological polar surface area (TPSA) is 60.0 Å². The van der Waals surface area contributed by atoms with Crippen molar-refractivity contribution in [3.63, 3.8) is 0 Å². The van der Waals surface area contributed by atoms with E-state index in [9.17, 15) is 0 Å². The lowest BCUT2D eigenvalue weighted by atomic mass is 10.2. The number of ether oxygens (including phenoxy) is 2. The van der Waals surface area contributed by atoms with Crippen molar-refractivity contribution in [2.45, 2.75) is 6.61 Å². The molecule has 0 fully saturated rings. The van der Waals surface area contributed by atoms with Crippen molar-refractivity contribution in [2.24, 2.45) is 0 Å². The Morgan fingerprint density at radius 3 is 3.06 bits per heavy atom. The normalized spacial score (nSPS) is 11.2. The molecule has 1 N–H and O–H groups in total. The second-order valence-corrected chi connectivity index (χ2v) is 5.30. The van der Waals surface area contributed by atoms with Crippen molar-refractivity contribution >= 4 is 49.6 Å². The first-order chi connectivity index (χ1) is 8.24. The summed E-state index contributed by atoms with van der Waals surface area (Å²) in [5.74, 6) is 0. The molecule has 2 aromatic rings. The van der Waals surface area contributed by atoms with Crippen molar-refractivity contribution in [2.75, 3.05) is 20.3 Å². The van der Waals surface area contributed by atoms with E-state index in [0.717, 1.165) is 19.1 Å². The van der Waals surface area contributed by atoms with E-state index in [2.05, 4.69) is 53.7 Å². The van der Waals surface area contributed by atoms with Crippen LogP contribution >= 0.6 is 38.5 Å². The average Bonchev–Trinajstić information content (AvgIpc) is 2.69. The number of rotatable bonds is 5. The molecule has 5 nitrogen and oxygen atoms in total. The van der Waals surface area contributed by atoms with Crippen molar-refractivity contribution in [3.05, 3.63) is 19.9 Å². The maximum Gasteiger partial charge on any atom is 0.182 e. The van der Waals surface area contributed by atoms with Crippen molar-refractivity contribution in [1.82, 2.24) is 15.2 Å². The predicted octanol–water partition coefficient (Wildman–Crippen LogP) is 2.49. The van der Waals surface area contributed by atoms with Gasteiger partial charge in [-0.1, -0.05) is 0 Å². The maximum atomic E-state index is 5.55. The van der Waals surface area contributed by atoms with E-state index >= 15 is 0 Å². The minimum Gasteiger partial charge on any atom is -0.382 e. The van der Waals surface area contributed by atoms with Crippen molar-refractivity contribution in [3.8, 4) is 0 Å². The van der Waals surface area contributed by atoms with Gasteiger partial charge >= 0.3 is 0 Å². The maximum absolute atomic E-state index is 5.55.